The van der Waals surface area contributed by atoms with Crippen molar-refractivity contribution in [3.8, 4) is 0 Å². The SMILES string of the molecule is CNC(c1ccccc1)C(C)CN1CCCC1. The zero-order chi connectivity index (χ0) is 12.1. The van der Waals surface area contributed by atoms with E-state index in [0.29, 0.717) is 12.0 Å². The van der Waals surface area contributed by atoms with Crippen LogP contribution in [-0.2, 0) is 0 Å². The van der Waals surface area contributed by atoms with Crippen molar-refractivity contribution in [3.05, 3.63) is 35.9 Å². The van der Waals surface area contributed by atoms with Gasteiger partial charge >= 0.3 is 0 Å². The quantitative estimate of drug-likeness (QED) is 0.839. The van der Waals surface area contributed by atoms with Crippen molar-refractivity contribution >= 4 is 0 Å². The van der Waals surface area contributed by atoms with Crippen LogP contribution in [0.2, 0.25) is 0 Å². The number of hydrogen-bond donors (Lipinski definition) is 1. The standard InChI is InChI=1S/C15H24N2/c1-13(12-17-10-6-7-11-17)15(16-2)14-8-4-3-5-9-14/h3-5,8-9,13,15-16H,6-7,10-12H2,1-2H3. The maximum atomic E-state index is 3.47. The number of likely N-dealkylation sites (tertiary alicyclic amines) is 1. The minimum absolute atomic E-state index is 0.469. The van der Waals surface area contributed by atoms with E-state index in [1.165, 1.54) is 38.0 Å². The van der Waals surface area contributed by atoms with E-state index in [1.54, 1.807) is 0 Å². The highest BCUT2D eigenvalue weighted by atomic mass is 15.1. The van der Waals surface area contributed by atoms with E-state index < -0.39 is 0 Å². The van der Waals surface area contributed by atoms with Crippen LogP contribution >= 0.6 is 0 Å². The first kappa shape index (κ1) is 12.6. The second-order valence-electron chi connectivity index (χ2n) is 5.16. The fourth-order valence-corrected chi connectivity index (χ4v) is 2.92. The first-order chi connectivity index (χ1) is 8.31. The summed E-state index contributed by atoms with van der Waals surface area (Å²) < 4.78 is 0. The maximum Gasteiger partial charge on any atom is 0.0355 e. The minimum atomic E-state index is 0.469. The molecule has 0 saturated carbocycles. The Morgan fingerprint density at radius 2 is 1.82 bits per heavy atom. The molecule has 1 N–H and O–H groups in total. The lowest BCUT2D eigenvalue weighted by Crippen LogP contribution is -2.33. The highest BCUT2D eigenvalue weighted by Crippen LogP contribution is 2.23. The molecule has 1 heterocycles. The number of nitrogens with one attached hydrogen (secondary N) is 1. The van der Waals surface area contributed by atoms with Gasteiger partial charge in [-0.2, -0.15) is 0 Å². The molecule has 2 unspecified atom stereocenters. The zero-order valence-electron chi connectivity index (χ0n) is 11.0. The molecule has 1 aliphatic rings. The molecule has 17 heavy (non-hydrogen) atoms. The zero-order valence-corrected chi connectivity index (χ0v) is 11.0. The number of hydrogen-bond acceptors (Lipinski definition) is 2. The minimum Gasteiger partial charge on any atom is -0.313 e. The Kier molecular flexibility index (Phi) is 4.57. The van der Waals surface area contributed by atoms with E-state index in [4.69, 9.17) is 0 Å². The van der Waals surface area contributed by atoms with Crippen LogP contribution in [0.1, 0.15) is 31.4 Å². The Hall–Kier alpha value is -0.860. The monoisotopic (exact) mass is 232 g/mol. The molecule has 1 aliphatic heterocycles. The van der Waals surface area contributed by atoms with Crippen LogP contribution in [0.5, 0.6) is 0 Å². The molecule has 0 amide bonds. The van der Waals surface area contributed by atoms with Gasteiger partial charge in [-0.3, -0.25) is 0 Å². The molecule has 2 heteroatoms. The Morgan fingerprint density at radius 1 is 1.18 bits per heavy atom. The van der Waals surface area contributed by atoms with Crippen LogP contribution in [0.3, 0.4) is 0 Å². The highest BCUT2D eigenvalue weighted by Gasteiger charge is 2.21. The summed E-state index contributed by atoms with van der Waals surface area (Å²) in [6, 6.07) is 11.3. The summed E-state index contributed by atoms with van der Waals surface area (Å²) >= 11 is 0. The van der Waals surface area contributed by atoms with Crippen molar-refractivity contribution in [2.24, 2.45) is 5.92 Å². The van der Waals surface area contributed by atoms with Crippen LogP contribution in [0.25, 0.3) is 0 Å². The Morgan fingerprint density at radius 3 is 2.41 bits per heavy atom. The Bertz CT molecular complexity index is 317. The second kappa shape index (κ2) is 6.18. The van der Waals surface area contributed by atoms with Gasteiger partial charge in [0.25, 0.3) is 0 Å². The second-order valence-corrected chi connectivity index (χ2v) is 5.16. The molecule has 1 aromatic rings. The average molecular weight is 232 g/mol. The molecular formula is C15H24N2. The fraction of sp³-hybridized carbons (Fsp3) is 0.600. The molecule has 0 spiro atoms. The molecule has 2 rings (SSSR count). The summed E-state index contributed by atoms with van der Waals surface area (Å²) in [4.78, 5) is 2.60. The average Bonchev–Trinajstić information content (AvgIpc) is 2.84. The van der Waals surface area contributed by atoms with Gasteiger partial charge in [-0.1, -0.05) is 37.3 Å². The first-order valence-corrected chi connectivity index (χ1v) is 6.76. The molecule has 0 aliphatic carbocycles. The smallest absolute Gasteiger partial charge is 0.0355 e. The summed E-state index contributed by atoms with van der Waals surface area (Å²) in [6.45, 7) is 6.14. The third-order valence-corrected chi connectivity index (χ3v) is 3.78. The Labute approximate surface area is 105 Å². The highest BCUT2D eigenvalue weighted by molar-refractivity contribution is 5.19. The summed E-state index contributed by atoms with van der Waals surface area (Å²) in [5.41, 5.74) is 1.40. The van der Waals surface area contributed by atoms with E-state index in [-0.39, 0.29) is 0 Å². The van der Waals surface area contributed by atoms with Gasteiger partial charge in [0.2, 0.25) is 0 Å². The Balaban J connectivity index is 1.97. The van der Waals surface area contributed by atoms with E-state index in [0.717, 1.165) is 0 Å². The van der Waals surface area contributed by atoms with Crippen molar-refractivity contribution in [1.82, 2.24) is 10.2 Å². The van der Waals surface area contributed by atoms with Gasteiger partial charge in [0.05, 0.1) is 0 Å². The van der Waals surface area contributed by atoms with Crippen LogP contribution in [0.4, 0.5) is 0 Å². The van der Waals surface area contributed by atoms with E-state index in [2.05, 4.69) is 54.5 Å². The molecule has 0 bridgehead atoms. The van der Waals surface area contributed by atoms with Crippen LogP contribution in [0.15, 0.2) is 30.3 Å². The predicted molar refractivity (Wildman–Crippen MR) is 73.1 cm³/mol. The molecule has 2 nitrogen and oxygen atoms in total. The molecular weight excluding hydrogens is 208 g/mol. The molecule has 94 valence electrons. The topological polar surface area (TPSA) is 15.3 Å². The van der Waals surface area contributed by atoms with Crippen LogP contribution in [0, 0.1) is 5.92 Å². The fourth-order valence-electron chi connectivity index (χ4n) is 2.92. The molecule has 1 saturated heterocycles. The first-order valence-electron chi connectivity index (χ1n) is 6.76. The van der Waals surface area contributed by atoms with E-state index in [1.807, 2.05) is 0 Å². The normalized spacial score (nSPS) is 20.4. The molecule has 1 fully saturated rings. The third-order valence-electron chi connectivity index (χ3n) is 3.78. The van der Waals surface area contributed by atoms with Crippen molar-refractivity contribution in [3.63, 3.8) is 0 Å². The van der Waals surface area contributed by atoms with Crippen molar-refractivity contribution in [2.75, 3.05) is 26.7 Å². The number of benzene rings is 1. The van der Waals surface area contributed by atoms with Gasteiger partial charge < -0.3 is 10.2 Å². The molecule has 0 aromatic heterocycles. The molecule has 2 atom stereocenters. The summed E-state index contributed by atoms with van der Waals surface area (Å²) in [7, 11) is 2.07. The van der Waals surface area contributed by atoms with Crippen LogP contribution < -0.4 is 5.32 Å². The van der Waals surface area contributed by atoms with E-state index >= 15 is 0 Å². The molecule has 1 aromatic carbocycles. The summed E-state index contributed by atoms with van der Waals surface area (Å²) in [5, 5.41) is 3.47. The third kappa shape index (κ3) is 3.30. The van der Waals surface area contributed by atoms with Gasteiger partial charge in [-0.05, 0) is 44.5 Å². The number of nitrogens with zero attached hydrogens (tertiary/aromatic N) is 1. The van der Waals surface area contributed by atoms with Gasteiger partial charge in [0.1, 0.15) is 0 Å². The van der Waals surface area contributed by atoms with E-state index in [9.17, 15) is 0 Å². The summed E-state index contributed by atoms with van der Waals surface area (Å²) in [5.74, 6) is 0.653. The molecule has 0 radical (unpaired) electrons. The van der Waals surface area contributed by atoms with Crippen molar-refractivity contribution in [2.45, 2.75) is 25.8 Å². The lowest BCUT2D eigenvalue weighted by atomic mass is 9.94. The van der Waals surface area contributed by atoms with Crippen molar-refractivity contribution in [1.29, 1.82) is 0 Å². The predicted octanol–water partition coefficient (Wildman–Crippen LogP) is 2.68. The van der Waals surface area contributed by atoms with Crippen LogP contribution in [-0.4, -0.2) is 31.6 Å². The lowest BCUT2D eigenvalue weighted by Gasteiger charge is -2.28. The van der Waals surface area contributed by atoms with Gasteiger partial charge in [0.15, 0.2) is 0 Å². The maximum absolute atomic E-state index is 3.47. The van der Waals surface area contributed by atoms with Gasteiger partial charge in [-0.25, -0.2) is 0 Å². The van der Waals surface area contributed by atoms with Gasteiger partial charge in [-0.15, -0.1) is 0 Å². The lowest BCUT2D eigenvalue weighted by molar-refractivity contribution is 0.252. The van der Waals surface area contributed by atoms with Crippen molar-refractivity contribution < 1.29 is 0 Å². The van der Waals surface area contributed by atoms with Gasteiger partial charge in [0, 0.05) is 12.6 Å². The summed E-state index contributed by atoms with van der Waals surface area (Å²) in [6.07, 6.45) is 2.75. The number of rotatable bonds is 5. The largest absolute Gasteiger partial charge is 0.313 e.